The Bertz CT molecular complexity index is 1460. The van der Waals surface area contributed by atoms with E-state index in [0.717, 1.165) is 42.8 Å². The van der Waals surface area contributed by atoms with Crippen molar-refractivity contribution in [1.82, 2.24) is 9.03 Å². The number of aryl methyl sites for hydroxylation is 1. The van der Waals surface area contributed by atoms with E-state index < -0.39 is 22.2 Å². The normalized spacial score (nSPS) is 30.7. The number of halogens is 1. The second kappa shape index (κ2) is 11.2. The second-order valence-electron chi connectivity index (χ2n) is 11.9. The van der Waals surface area contributed by atoms with Gasteiger partial charge in [-0.05, 0) is 91.8 Å². The maximum Gasteiger partial charge on any atom is 0.304 e. The zero-order chi connectivity index (χ0) is 28.8. The number of nitrogens with zero attached hydrogens (tertiary/aromatic N) is 2. The number of fused-ring (bicyclic) bond motifs is 4. The van der Waals surface area contributed by atoms with E-state index in [1.165, 1.54) is 15.4 Å². The smallest absolute Gasteiger partial charge is 0.304 e. The highest BCUT2D eigenvalue weighted by Gasteiger charge is 2.44. The van der Waals surface area contributed by atoms with E-state index in [2.05, 4.69) is 21.8 Å². The van der Waals surface area contributed by atoms with Crippen LogP contribution in [0.5, 0.6) is 5.75 Å². The van der Waals surface area contributed by atoms with Gasteiger partial charge in [0.25, 0.3) is 5.91 Å². The first kappa shape index (κ1) is 28.5. The van der Waals surface area contributed by atoms with Gasteiger partial charge >= 0.3 is 10.2 Å². The SMILES string of the molecule is CCN1CC/C=C\[C@H](O)[C@@H]2CC[C@H]2CN2C[C@@]3(CCCc4cc(Cl)ccc43)COc3ccc(cc32)C(=O)NS1(=O)=O. The highest BCUT2D eigenvalue weighted by Crippen LogP contribution is 2.46. The number of aliphatic hydroxyl groups is 1. The quantitative estimate of drug-likeness (QED) is 0.470. The number of benzene rings is 2. The Morgan fingerprint density at radius 3 is 2.83 bits per heavy atom. The van der Waals surface area contributed by atoms with Gasteiger partial charge in [0, 0.05) is 42.2 Å². The third-order valence-electron chi connectivity index (χ3n) is 9.46. The molecule has 0 saturated heterocycles. The van der Waals surface area contributed by atoms with Gasteiger partial charge in [-0.15, -0.1) is 0 Å². The Morgan fingerprint density at radius 2 is 2.05 bits per heavy atom. The van der Waals surface area contributed by atoms with Crippen LogP contribution in [0.25, 0.3) is 0 Å². The Morgan fingerprint density at radius 1 is 1.20 bits per heavy atom. The van der Waals surface area contributed by atoms with E-state index in [4.69, 9.17) is 16.3 Å². The van der Waals surface area contributed by atoms with Gasteiger partial charge in [0.2, 0.25) is 0 Å². The molecule has 6 rings (SSSR count). The van der Waals surface area contributed by atoms with Crippen molar-refractivity contribution in [1.29, 1.82) is 0 Å². The van der Waals surface area contributed by atoms with Crippen molar-refractivity contribution < 1.29 is 23.1 Å². The lowest BCUT2D eigenvalue weighted by Crippen LogP contribution is -2.49. The number of nitrogens with one attached hydrogen (secondary N) is 1. The van der Waals surface area contributed by atoms with Crippen LogP contribution in [0.1, 0.15) is 60.5 Å². The number of hydrogen-bond donors (Lipinski definition) is 2. The van der Waals surface area contributed by atoms with Crippen LogP contribution in [0.2, 0.25) is 5.02 Å². The molecule has 0 aromatic heterocycles. The maximum absolute atomic E-state index is 13.3. The Hall–Kier alpha value is -2.59. The van der Waals surface area contributed by atoms with Crippen LogP contribution in [0.4, 0.5) is 5.69 Å². The van der Waals surface area contributed by atoms with Crippen LogP contribution >= 0.6 is 11.6 Å². The molecule has 2 aromatic carbocycles. The summed E-state index contributed by atoms with van der Waals surface area (Å²) in [6, 6.07) is 11.3. The number of rotatable bonds is 1. The Labute approximate surface area is 247 Å². The zero-order valence-corrected chi connectivity index (χ0v) is 25.0. The van der Waals surface area contributed by atoms with Crippen LogP contribution in [-0.2, 0) is 22.0 Å². The first-order chi connectivity index (χ1) is 19.7. The zero-order valence-electron chi connectivity index (χ0n) is 23.4. The third kappa shape index (κ3) is 5.49. The monoisotopic (exact) mass is 599 g/mol. The lowest BCUT2D eigenvalue weighted by molar-refractivity contribution is 0.0456. The summed E-state index contributed by atoms with van der Waals surface area (Å²) >= 11 is 6.38. The van der Waals surface area contributed by atoms with Gasteiger partial charge in [-0.1, -0.05) is 36.7 Å². The lowest BCUT2D eigenvalue weighted by atomic mass is 9.68. The summed E-state index contributed by atoms with van der Waals surface area (Å²) in [6.07, 6.45) is 8.44. The molecule has 1 fully saturated rings. The van der Waals surface area contributed by atoms with Crippen LogP contribution in [-0.4, -0.2) is 62.6 Å². The molecule has 41 heavy (non-hydrogen) atoms. The molecule has 2 aromatic rings. The van der Waals surface area contributed by atoms with Crippen molar-refractivity contribution in [2.24, 2.45) is 11.8 Å². The summed E-state index contributed by atoms with van der Waals surface area (Å²) in [4.78, 5) is 15.6. The molecule has 0 unspecified atom stereocenters. The number of carbonyl (C=O) groups excluding carboxylic acids is 1. The molecule has 1 saturated carbocycles. The minimum absolute atomic E-state index is 0.123. The summed E-state index contributed by atoms with van der Waals surface area (Å²) < 4.78 is 36.2. The van der Waals surface area contributed by atoms with Crippen LogP contribution in [0, 0.1) is 11.8 Å². The molecule has 2 heterocycles. The van der Waals surface area contributed by atoms with Crippen molar-refractivity contribution in [3.63, 3.8) is 0 Å². The molecule has 8 nitrogen and oxygen atoms in total. The predicted molar refractivity (Wildman–Crippen MR) is 160 cm³/mol. The van der Waals surface area contributed by atoms with Crippen molar-refractivity contribution in [3.05, 3.63) is 70.3 Å². The van der Waals surface area contributed by atoms with Gasteiger partial charge in [0.1, 0.15) is 5.75 Å². The molecule has 2 aliphatic carbocycles. The molecule has 4 atom stereocenters. The molecule has 4 aliphatic rings. The van der Waals surface area contributed by atoms with Gasteiger partial charge in [-0.25, -0.2) is 4.72 Å². The standard InChI is InChI=1S/C31H38ClN3O5S/c1-2-35-15-4-3-7-28(36)25-11-8-23(25)18-34-19-31(14-5-6-21-16-24(32)10-12-26(21)31)20-40-29-13-9-22(17-27(29)34)30(37)33-41(35,38)39/h3,7,9-10,12-13,16-17,23,25,28,36H,2,4-6,8,11,14-15,18-20H2,1H3,(H,33,37)/b7-3-/t23-,25+,28-,31-/m0/s1. The number of ether oxygens (including phenoxy) is 1. The molecule has 2 N–H and O–H groups in total. The van der Waals surface area contributed by atoms with E-state index in [1.807, 2.05) is 18.2 Å². The summed E-state index contributed by atoms with van der Waals surface area (Å²) in [5.41, 5.74) is 3.29. The summed E-state index contributed by atoms with van der Waals surface area (Å²) in [7, 11) is -4.04. The van der Waals surface area contributed by atoms with Crippen molar-refractivity contribution in [2.45, 2.75) is 57.0 Å². The van der Waals surface area contributed by atoms with Gasteiger partial charge in [0.15, 0.2) is 0 Å². The van der Waals surface area contributed by atoms with Gasteiger partial charge < -0.3 is 14.7 Å². The van der Waals surface area contributed by atoms with Crippen LogP contribution in [0.3, 0.4) is 0 Å². The fraction of sp³-hybridized carbons (Fsp3) is 0.516. The van der Waals surface area contributed by atoms with Crippen LogP contribution in [0.15, 0.2) is 48.6 Å². The predicted octanol–water partition coefficient (Wildman–Crippen LogP) is 4.46. The first-order valence-corrected chi connectivity index (χ1v) is 16.5. The molecule has 220 valence electrons. The van der Waals surface area contributed by atoms with Gasteiger partial charge in [0.05, 0.1) is 18.4 Å². The minimum atomic E-state index is -4.04. The maximum atomic E-state index is 13.3. The highest BCUT2D eigenvalue weighted by atomic mass is 35.5. The fourth-order valence-electron chi connectivity index (χ4n) is 7.10. The summed E-state index contributed by atoms with van der Waals surface area (Å²) in [5, 5.41) is 11.8. The molecule has 10 heteroatoms. The second-order valence-corrected chi connectivity index (χ2v) is 14.0. The summed E-state index contributed by atoms with van der Waals surface area (Å²) in [5.74, 6) is 0.416. The number of hydrogen-bond acceptors (Lipinski definition) is 6. The molecule has 2 bridgehead atoms. The summed E-state index contributed by atoms with van der Waals surface area (Å²) in [6.45, 7) is 4.09. The first-order valence-electron chi connectivity index (χ1n) is 14.7. The number of amides is 1. The molecule has 2 aliphatic heterocycles. The number of carbonyl (C=O) groups is 1. The van der Waals surface area contributed by atoms with Gasteiger partial charge in [-0.2, -0.15) is 12.7 Å². The fourth-order valence-corrected chi connectivity index (χ4v) is 8.46. The average Bonchev–Trinajstić information content (AvgIpc) is 3.07. The Kier molecular flexibility index (Phi) is 7.82. The molecular formula is C31H38ClN3O5S. The topological polar surface area (TPSA) is 99.2 Å². The molecule has 0 radical (unpaired) electrons. The highest BCUT2D eigenvalue weighted by molar-refractivity contribution is 7.87. The van der Waals surface area contributed by atoms with Gasteiger partial charge in [-0.3, -0.25) is 4.79 Å². The van der Waals surface area contributed by atoms with Crippen molar-refractivity contribution in [3.8, 4) is 5.75 Å². The molecule has 1 spiro atoms. The lowest BCUT2D eigenvalue weighted by Gasteiger charge is -2.45. The van der Waals surface area contributed by atoms with Crippen molar-refractivity contribution >= 4 is 33.4 Å². The van der Waals surface area contributed by atoms with Crippen LogP contribution < -0.4 is 14.4 Å². The van der Waals surface area contributed by atoms with Crippen molar-refractivity contribution in [2.75, 3.05) is 37.7 Å². The molecular weight excluding hydrogens is 562 g/mol. The average molecular weight is 600 g/mol. The van der Waals surface area contributed by atoms with E-state index in [0.29, 0.717) is 31.9 Å². The van der Waals surface area contributed by atoms with E-state index >= 15 is 0 Å². The van der Waals surface area contributed by atoms with E-state index in [1.54, 1.807) is 25.1 Å². The molecule has 1 amide bonds. The Balaban J connectivity index is 1.42. The van der Waals surface area contributed by atoms with E-state index in [9.17, 15) is 18.3 Å². The minimum Gasteiger partial charge on any atom is -0.490 e. The van der Waals surface area contributed by atoms with E-state index in [-0.39, 0.29) is 35.9 Å². The third-order valence-corrected chi connectivity index (χ3v) is 11.3. The largest absolute Gasteiger partial charge is 0.490 e. The number of aliphatic hydroxyl groups excluding tert-OH is 1. The number of anilines is 1.